The topological polar surface area (TPSA) is 33.1 Å². The SMILES string of the molecule is CC(C)(C1=CC=CC1)c1cccc([C@@H](O)C(C)(C)C)n1. The van der Waals surface area contributed by atoms with Crippen LogP contribution in [0.25, 0.3) is 0 Å². The van der Waals surface area contributed by atoms with Gasteiger partial charge < -0.3 is 5.11 Å². The summed E-state index contributed by atoms with van der Waals surface area (Å²) < 4.78 is 0. The van der Waals surface area contributed by atoms with Gasteiger partial charge in [0.05, 0.1) is 11.4 Å². The van der Waals surface area contributed by atoms with Crippen molar-refractivity contribution in [2.45, 2.75) is 52.6 Å². The summed E-state index contributed by atoms with van der Waals surface area (Å²) in [5.41, 5.74) is 2.84. The largest absolute Gasteiger partial charge is 0.386 e. The fraction of sp³-hybridized carbons (Fsp3) is 0.500. The maximum absolute atomic E-state index is 10.4. The standard InChI is InChI=1S/C18H25NO/c1-17(2,3)16(20)14-11-8-12-15(19-14)18(4,5)13-9-6-7-10-13/h6-9,11-12,16,20H,10H2,1-5H3/t16-/m1/s1. The molecule has 2 heteroatoms. The Bertz CT molecular complexity index is 547. The van der Waals surface area contributed by atoms with Crippen molar-refractivity contribution in [3.63, 3.8) is 0 Å². The van der Waals surface area contributed by atoms with E-state index in [0.717, 1.165) is 17.8 Å². The molecule has 0 radical (unpaired) electrons. The van der Waals surface area contributed by atoms with Crippen LogP contribution >= 0.6 is 0 Å². The van der Waals surface area contributed by atoms with Crippen molar-refractivity contribution in [2.24, 2.45) is 5.41 Å². The maximum atomic E-state index is 10.4. The number of aliphatic hydroxyl groups is 1. The Morgan fingerprint density at radius 3 is 2.40 bits per heavy atom. The number of rotatable bonds is 3. The van der Waals surface area contributed by atoms with E-state index >= 15 is 0 Å². The van der Waals surface area contributed by atoms with Crippen LogP contribution in [0, 0.1) is 5.41 Å². The molecule has 1 aromatic heterocycles. The van der Waals surface area contributed by atoms with E-state index in [2.05, 4.69) is 38.1 Å². The highest BCUT2D eigenvalue weighted by Gasteiger charge is 2.30. The Morgan fingerprint density at radius 2 is 1.85 bits per heavy atom. The van der Waals surface area contributed by atoms with Crippen molar-refractivity contribution in [2.75, 3.05) is 0 Å². The molecule has 2 nitrogen and oxygen atoms in total. The van der Waals surface area contributed by atoms with Crippen molar-refractivity contribution in [1.29, 1.82) is 0 Å². The van der Waals surface area contributed by atoms with E-state index in [4.69, 9.17) is 4.98 Å². The first kappa shape index (κ1) is 15.0. The molecule has 0 unspecified atom stereocenters. The van der Waals surface area contributed by atoms with Crippen molar-refractivity contribution in [1.82, 2.24) is 4.98 Å². The molecule has 0 saturated heterocycles. The molecule has 0 fully saturated rings. The number of hydrogen-bond acceptors (Lipinski definition) is 2. The average molecular weight is 271 g/mol. The molecule has 0 aliphatic heterocycles. The van der Waals surface area contributed by atoms with E-state index < -0.39 is 6.10 Å². The highest BCUT2D eigenvalue weighted by Crippen LogP contribution is 2.36. The summed E-state index contributed by atoms with van der Waals surface area (Å²) in [6.07, 6.45) is 6.89. The quantitative estimate of drug-likeness (QED) is 0.888. The predicted molar refractivity (Wildman–Crippen MR) is 83.5 cm³/mol. The molecule has 108 valence electrons. The van der Waals surface area contributed by atoms with E-state index in [1.165, 1.54) is 5.57 Å². The number of allylic oxidation sites excluding steroid dienone is 4. The van der Waals surface area contributed by atoms with Gasteiger partial charge in [-0.05, 0) is 24.0 Å². The number of hydrogen-bond donors (Lipinski definition) is 1. The second kappa shape index (κ2) is 5.17. The van der Waals surface area contributed by atoms with Gasteiger partial charge in [0.2, 0.25) is 0 Å². The molecule has 1 aliphatic rings. The van der Waals surface area contributed by atoms with Gasteiger partial charge in [-0.2, -0.15) is 0 Å². The predicted octanol–water partition coefficient (Wildman–Crippen LogP) is 4.33. The van der Waals surface area contributed by atoms with E-state index in [-0.39, 0.29) is 10.8 Å². The Kier molecular flexibility index (Phi) is 3.88. The van der Waals surface area contributed by atoms with Crippen molar-refractivity contribution in [3.8, 4) is 0 Å². The summed E-state index contributed by atoms with van der Waals surface area (Å²) in [4.78, 5) is 4.74. The number of aliphatic hydroxyl groups excluding tert-OH is 1. The van der Waals surface area contributed by atoms with Crippen molar-refractivity contribution >= 4 is 0 Å². The van der Waals surface area contributed by atoms with Crippen LogP contribution in [0.1, 0.15) is 58.5 Å². The molecular formula is C18H25NO. The van der Waals surface area contributed by atoms with Gasteiger partial charge in [0.25, 0.3) is 0 Å². The fourth-order valence-electron chi connectivity index (χ4n) is 2.47. The highest BCUT2D eigenvalue weighted by molar-refractivity contribution is 5.37. The van der Waals surface area contributed by atoms with E-state index in [1.807, 2.05) is 32.9 Å². The first-order valence-corrected chi connectivity index (χ1v) is 7.24. The molecule has 1 atom stereocenters. The minimum Gasteiger partial charge on any atom is -0.386 e. The Hall–Kier alpha value is -1.41. The fourth-order valence-corrected chi connectivity index (χ4v) is 2.47. The van der Waals surface area contributed by atoms with Crippen LogP contribution in [0.2, 0.25) is 0 Å². The van der Waals surface area contributed by atoms with Gasteiger partial charge in [-0.3, -0.25) is 4.98 Å². The lowest BCUT2D eigenvalue weighted by Gasteiger charge is -2.29. The third-order valence-corrected chi connectivity index (χ3v) is 4.09. The molecule has 0 saturated carbocycles. The lowest BCUT2D eigenvalue weighted by Crippen LogP contribution is -2.24. The number of aromatic nitrogens is 1. The minimum absolute atomic E-state index is 0.100. The first-order valence-electron chi connectivity index (χ1n) is 7.24. The van der Waals surface area contributed by atoms with Crippen LogP contribution in [0.3, 0.4) is 0 Å². The molecule has 0 amide bonds. The summed E-state index contributed by atoms with van der Waals surface area (Å²) in [7, 11) is 0. The van der Waals surface area contributed by atoms with Crippen molar-refractivity contribution in [3.05, 3.63) is 53.4 Å². The molecule has 1 heterocycles. The van der Waals surface area contributed by atoms with Crippen LogP contribution in [-0.2, 0) is 5.41 Å². The van der Waals surface area contributed by atoms with Gasteiger partial charge in [0, 0.05) is 5.41 Å². The lowest BCUT2D eigenvalue weighted by molar-refractivity contribution is 0.0586. The molecule has 0 aromatic carbocycles. The Morgan fingerprint density at radius 1 is 1.15 bits per heavy atom. The molecule has 0 spiro atoms. The van der Waals surface area contributed by atoms with Gasteiger partial charge in [0.1, 0.15) is 6.10 Å². The average Bonchev–Trinajstić information content (AvgIpc) is 2.91. The smallest absolute Gasteiger partial charge is 0.101 e. The maximum Gasteiger partial charge on any atom is 0.101 e. The molecule has 20 heavy (non-hydrogen) atoms. The summed E-state index contributed by atoms with van der Waals surface area (Å²) >= 11 is 0. The highest BCUT2D eigenvalue weighted by atomic mass is 16.3. The summed E-state index contributed by atoms with van der Waals surface area (Å²) in [5, 5.41) is 10.4. The second-order valence-corrected chi connectivity index (χ2v) is 7.17. The molecule has 1 aliphatic carbocycles. The monoisotopic (exact) mass is 271 g/mol. The molecule has 1 aromatic rings. The second-order valence-electron chi connectivity index (χ2n) is 7.17. The molecular weight excluding hydrogens is 246 g/mol. The Balaban J connectivity index is 2.35. The van der Waals surface area contributed by atoms with Gasteiger partial charge in [0.15, 0.2) is 0 Å². The zero-order valence-corrected chi connectivity index (χ0v) is 13.1. The van der Waals surface area contributed by atoms with Crippen LogP contribution in [0.15, 0.2) is 42.0 Å². The van der Waals surface area contributed by atoms with E-state index in [9.17, 15) is 5.11 Å². The van der Waals surface area contributed by atoms with E-state index in [1.54, 1.807) is 0 Å². The summed E-state index contributed by atoms with van der Waals surface area (Å²) in [6, 6.07) is 5.96. The van der Waals surface area contributed by atoms with Crippen LogP contribution < -0.4 is 0 Å². The zero-order chi connectivity index (χ0) is 15.0. The Labute approximate surface area is 122 Å². The minimum atomic E-state index is -0.547. The van der Waals surface area contributed by atoms with Crippen molar-refractivity contribution < 1.29 is 5.11 Å². The molecule has 2 rings (SSSR count). The third-order valence-electron chi connectivity index (χ3n) is 4.09. The number of nitrogens with zero attached hydrogens (tertiary/aromatic N) is 1. The lowest BCUT2D eigenvalue weighted by atomic mass is 9.79. The normalized spacial score (nSPS) is 17.2. The first-order chi connectivity index (χ1) is 9.23. The molecule has 1 N–H and O–H groups in total. The van der Waals surface area contributed by atoms with Gasteiger partial charge in [-0.15, -0.1) is 0 Å². The van der Waals surface area contributed by atoms with E-state index in [0.29, 0.717) is 0 Å². The van der Waals surface area contributed by atoms with Crippen LogP contribution in [0.4, 0.5) is 0 Å². The van der Waals surface area contributed by atoms with Crippen LogP contribution in [-0.4, -0.2) is 10.1 Å². The number of pyridine rings is 1. The van der Waals surface area contributed by atoms with Gasteiger partial charge >= 0.3 is 0 Å². The van der Waals surface area contributed by atoms with Gasteiger partial charge in [-0.1, -0.05) is 64.5 Å². The third kappa shape index (κ3) is 2.85. The van der Waals surface area contributed by atoms with Gasteiger partial charge in [-0.25, -0.2) is 0 Å². The van der Waals surface area contributed by atoms with Crippen LogP contribution in [0.5, 0.6) is 0 Å². The summed E-state index contributed by atoms with van der Waals surface area (Å²) in [5.74, 6) is 0. The summed E-state index contributed by atoms with van der Waals surface area (Å²) in [6.45, 7) is 10.5. The molecule has 0 bridgehead atoms. The zero-order valence-electron chi connectivity index (χ0n) is 13.1.